The third kappa shape index (κ3) is 4.96. The maximum atomic E-state index is 12.2. The van der Waals surface area contributed by atoms with E-state index in [1.54, 1.807) is 30.9 Å². The third-order valence-electron chi connectivity index (χ3n) is 2.63. The number of nitrogens with one attached hydrogen (secondary N) is 2. The van der Waals surface area contributed by atoms with E-state index < -0.39 is 10.0 Å². The molecule has 0 aliphatic rings. The maximum Gasteiger partial charge on any atom is 0.242 e. The van der Waals surface area contributed by atoms with Gasteiger partial charge in [0.1, 0.15) is 4.90 Å². The Kier molecular flexibility index (Phi) is 6.62. The van der Waals surface area contributed by atoms with Crippen molar-refractivity contribution in [3.63, 3.8) is 0 Å². The first-order valence-electron chi connectivity index (χ1n) is 5.86. The van der Waals surface area contributed by atoms with Crippen molar-refractivity contribution >= 4 is 33.4 Å². The van der Waals surface area contributed by atoms with Crippen molar-refractivity contribution in [2.75, 3.05) is 19.8 Å². The van der Waals surface area contributed by atoms with Gasteiger partial charge in [-0.25, -0.2) is 13.1 Å². The van der Waals surface area contributed by atoms with Gasteiger partial charge in [-0.05, 0) is 31.0 Å². The van der Waals surface area contributed by atoms with Gasteiger partial charge in [0.2, 0.25) is 10.0 Å². The average molecular weight is 323 g/mol. The van der Waals surface area contributed by atoms with Crippen molar-refractivity contribution in [3.05, 3.63) is 28.8 Å². The predicted molar refractivity (Wildman–Crippen MR) is 82.4 cm³/mol. The lowest BCUT2D eigenvalue weighted by molar-refractivity contribution is 0.581. The van der Waals surface area contributed by atoms with Crippen LogP contribution < -0.4 is 10.0 Å². The fraction of sp³-hybridized carbons (Fsp3) is 0.500. The highest BCUT2D eigenvalue weighted by molar-refractivity contribution is 7.99. The van der Waals surface area contributed by atoms with Crippen LogP contribution in [0.2, 0.25) is 5.02 Å². The molecule has 7 heteroatoms. The van der Waals surface area contributed by atoms with Crippen molar-refractivity contribution in [1.82, 2.24) is 10.0 Å². The van der Waals surface area contributed by atoms with Crippen molar-refractivity contribution < 1.29 is 8.42 Å². The standard InChI is InChI=1S/C12H19ClN2O2S2/c1-9(18-3)7-15-19(16,17)12-6-10(8-14-2)4-5-11(12)13/h4-6,9,14-15H,7-8H2,1-3H3. The Hall–Kier alpha value is -0.270. The summed E-state index contributed by atoms with van der Waals surface area (Å²) >= 11 is 7.59. The van der Waals surface area contributed by atoms with Crippen LogP contribution in [0.15, 0.2) is 23.1 Å². The van der Waals surface area contributed by atoms with Crippen LogP contribution >= 0.6 is 23.4 Å². The number of hydrogen-bond donors (Lipinski definition) is 2. The molecule has 1 aromatic carbocycles. The van der Waals surface area contributed by atoms with Crippen molar-refractivity contribution in [2.24, 2.45) is 0 Å². The number of thioether (sulfide) groups is 1. The summed E-state index contributed by atoms with van der Waals surface area (Å²) in [5.41, 5.74) is 0.880. The smallest absolute Gasteiger partial charge is 0.242 e. The summed E-state index contributed by atoms with van der Waals surface area (Å²) in [6.45, 7) is 2.95. The zero-order valence-electron chi connectivity index (χ0n) is 11.2. The molecule has 1 aromatic rings. The lowest BCUT2D eigenvalue weighted by Gasteiger charge is -2.12. The molecule has 1 atom stereocenters. The highest BCUT2D eigenvalue weighted by Gasteiger charge is 2.18. The van der Waals surface area contributed by atoms with E-state index in [0.29, 0.717) is 13.1 Å². The highest BCUT2D eigenvalue weighted by atomic mass is 35.5. The molecule has 0 saturated carbocycles. The molecule has 0 bridgehead atoms. The molecule has 0 amide bonds. The minimum atomic E-state index is -3.56. The van der Waals surface area contributed by atoms with Gasteiger partial charge in [0.25, 0.3) is 0 Å². The topological polar surface area (TPSA) is 58.2 Å². The van der Waals surface area contributed by atoms with E-state index in [1.165, 1.54) is 0 Å². The van der Waals surface area contributed by atoms with Crippen molar-refractivity contribution in [1.29, 1.82) is 0 Å². The zero-order valence-corrected chi connectivity index (χ0v) is 13.6. The molecule has 0 saturated heterocycles. The molecule has 108 valence electrons. The molecule has 0 spiro atoms. The maximum absolute atomic E-state index is 12.2. The first-order valence-corrected chi connectivity index (χ1v) is 9.01. The summed E-state index contributed by atoms with van der Waals surface area (Å²) in [5.74, 6) is 0. The van der Waals surface area contributed by atoms with E-state index in [9.17, 15) is 8.42 Å². The normalized spacial score (nSPS) is 13.5. The van der Waals surface area contributed by atoms with Crippen LogP contribution in [-0.2, 0) is 16.6 Å². The van der Waals surface area contributed by atoms with Crippen LogP contribution in [0.25, 0.3) is 0 Å². The minimum absolute atomic E-state index is 0.134. The highest BCUT2D eigenvalue weighted by Crippen LogP contribution is 2.22. The summed E-state index contributed by atoms with van der Waals surface area (Å²) in [6.07, 6.45) is 1.94. The van der Waals surface area contributed by atoms with Gasteiger partial charge in [0, 0.05) is 18.3 Å². The van der Waals surface area contributed by atoms with E-state index in [0.717, 1.165) is 5.56 Å². The number of halogens is 1. The second kappa shape index (κ2) is 7.50. The second-order valence-corrected chi connectivity index (χ2v) is 7.61. The lowest BCUT2D eigenvalue weighted by atomic mass is 10.2. The molecule has 1 rings (SSSR count). The van der Waals surface area contributed by atoms with Gasteiger partial charge in [-0.3, -0.25) is 0 Å². The Morgan fingerprint density at radius 3 is 2.68 bits per heavy atom. The first kappa shape index (κ1) is 16.8. The van der Waals surface area contributed by atoms with Gasteiger partial charge in [0.15, 0.2) is 0 Å². The molecule has 0 heterocycles. The van der Waals surface area contributed by atoms with E-state index >= 15 is 0 Å². The summed E-state index contributed by atoms with van der Waals surface area (Å²) in [7, 11) is -1.75. The quantitative estimate of drug-likeness (QED) is 0.807. The molecule has 0 fully saturated rings. The van der Waals surface area contributed by atoms with E-state index in [2.05, 4.69) is 10.0 Å². The Morgan fingerprint density at radius 2 is 2.11 bits per heavy atom. The molecule has 1 unspecified atom stereocenters. The van der Waals surface area contributed by atoms with Crippen LogP contribution in [0.4, 0.5) is 0 Å². The summed E-state index contributed by atoms with van der Waals surface area (Å²) in [6, 6.07) is 5.02. The molecule has 0 aliphatic carbocycles. The largest absolute Gasteiger partial charge is 0.316 e. The van der Waals surface area contributed by atoms with Gasteiger partial charge in [-0.1, -0.05) is 24.6 Å². The van der Waals surface area contributed by atoms with Gasteiger partial charge in [-0.15, -0.1) is 0 Å². The Balaban J connectivity index is 2.96. The SMILES string of the molecule is CNCc1ccc(Cl)c(S(=O)(=O)NCC(C)SC)c1. The summed E-state index contributed by atoms with van der Waals surface area (Å²) in [5, 5.41) is 3.44. The first-order chi connectivity index (χ1) is 8.90. The number of rotatable bonds is 7. The monoisotopic (exact) mass is 322 g/mol. The predicted octanol–water partition coefficient (Wildman–Crippen LogP) is 2.09. The molecule has 19 heavy (non-hydrogen) atoms. The number of sulfonamides is 1. The molecule has 0 aliphatic heterocycles. The van der Waals surface area contributed by atoms with Gasteiger partial charge >= 0.3 is 0 Å². The van der Waals surface area contributed by atoms with Crippen molar-refractivity contribution in [2.45, 2.75) is 23.6 Å². The molecule has 0 aromatic heterocycles. The molecule has 0 radical (unpaired) electrons. The Bertz CT molecular complexity index is 520. The van der Waals surface area contributed by atoms with Crippen LogP contribution in [0, 0.1) is 0 Å². The fourth-order valence-electron chi connectivity index (χ4n) is 1.46. The third-order valence-corrected chi connectivity index (χ3v) is 5.51. The Morgan fingerprint density at radius 1 is 1.42 bits per heavy atom. The van der Waals surface area contributed by atoms with Gasteiger partial charge in [-0.2, -0.15) is 11.8 Å². The van der Waals surface area contributed by atoms with E-state index in [1.807, 2.05) is 19.2 Å². The average Bonchev–Trinajstić information content (AvgIpc) is 2.38. The van der Waals surface area contributed by atoms with Crippen LogP contribution in [0.5, 0.6) is 0 Å². The Labute approximate surface area is 124 Å². The van der Waals surface area contributed by atoms with Crippen LogP contribution in [0.3, 0.4) is 0 Å². The van der Waals surface area contributed by atoms with E-state index in [4.69, 9.17) is 11.6 Å². The molecular weight excluding hydrogens is 304 g/mol. The molecule has 2 N–H and O–H groups in total. The summed E-state index contributed by atoms with van der Waals surface area (Å²) in [4.78, 5) is 0.134. The summed E-state index contributed by atoms with van der Waals surface area (Å²) < 4.78 is 27.0. The second-order valence-electron chi connectivity index (χ2n) is 4.19. The van der Waals surface area contributed by atoms with Gasteiger partial charge < -0.3 is 5.32 Å². The lowest BCUT2D eigenvalue weighted by Crippen LogP contribution is -2.29. The molecular formula is C12H19ClN2O2S2. The van der Waals surface area contributed by atoms with Gasteiger partial charge in [0.05, 0.1) is 5.02 Å². The van der Waals surface area contributed by atoms with Crippen molar-refractivity contribution in [3.8, 4) is 0 Å². The van der Waals surface area contributed by atoms with Crippen LogP contribution in [0.1, 0.15) is 12.5 Å². The van der Waals surface area contributed by atoms with E-state index in [-0.39, 0.29) is 15.2 Å². The zero-order chi connectivity index (χ0) is 14.5. The number of benzene rings is 1. The number of hydrogen-bond acceptors (Lipinski definition) is 4. The molecule has 4 nitrogen and oxygen atoms in total. The fourth-order valence-corrected chi connectivity index (χ4v) is 3.49. The van der Waals surface area contributed by atoms with Crippen LogP contribution in [-0.4, -0.2) is 33.5 Å². The minimum Gasteiger partial charge on any atom is -0.316 e.